The van der Waals surface area contributed by atoms with E-state index in [1.807, 2.05) is 103 Å². The van der Waals surface area contributed by atoms with Crippen LogP contribution in [0, 0.1) is 34.4 Å². The Kier molecular flexibility index (Phi) is 6.82. The van der Waals surface area contributed by atoms with Gasteiger partial charge in [0, 0.05) is 35.3 Å². The topological polar surface area (TPSA) is 50.9 Å². The van der Waals surface area contributed by atoms with Crippen molar-refractivity contribution >= 4 is 11.0 Å². The van der Waals surface area contributed by atoms with E-state index in [9.17, 15) is 5.11 Å². The highest BCUT2D eigenvalue weighted by Gasteiger charge is 2.23. The monoisotopic (exact) mass is 746 g/mol. The highest BCUT2D eigenvalue weighted by molar-refractivity contribution is 5.98. The van der Waals surface area contributed by atoms with Crippen molar-refractivity contribution in [2.75, 3.05) is 0 Å². The maximum Gasteiger partial charge on any atom is 0.149 e. The van der Waals surface area contributed by atoms with Crippen molar-refractivity contribution < 1.29 is 17.4 Å². The summed E-state index contributed by atoms with van der Waals surface area (Å²) in [6.45, 7) is -4.07. The van der Waals surface area contributed by atoms with Crippen LogP contribution in [0.4, 0.5) is 0 Å². The Hall–Kier alpha value is -7.04. The molecule has 4 heteroatoms. The summed E-state index contributed by atoms with van der Waals surface area (Å²) >= 11 is 0. The second-order valence-corrected chi connectivity index (χ2v) is 14.4. The van der Waals surface area contributed by atoms with Gasteiger partial charge in [0.2, 0.25) is 0 Å². The summed E-state index contributed by atoms with van der Waals surface area (Å²) < 4.78 is 77.0. The van der Waals surface area contributed by atoms with Crippen LogP contribution < -0.4 is 0 Å². The number of pyridine rings is 1. The van der Waals surface area contributed by atoms with Gasteiger partial charge in [0.05, 0.1) is 22.3 Å². The maximum atomic E-state index is 11.8. The van der Waals surface area contributed by atoms with Crippen LogP contribution >= 0.6 is 0 Å². The van der Waals surface area contributed by atoms with E-state index < -0.39 is 20.6 Å². The third kappa shape index (κ3) is 6.70. The van der Waals surface area contributed by atoms with Gasteiger partial charge in [0.15, 0.2) is 0 Å². The number of phenolic OH excluding ortho intramolecular Hbond substituents is 1. The Morgan fingerprint density at radius 1 is 0.509 bits per heavy atom. The van der Waals surface area contributed by atoms with Crippen LogP contribution in [0.2, 0.25) is 0 Å². The van der Waals surface area contributed by atoms with Gasteiger partial charge in [-0.2, -0.15) is 0 Å². The van der Waals surface area contributed by atoms with E-state index in [1.54, 1.807) is 60.8 Å². The van der Waals surface area contributed by atoms with Gasteiger partial charge in [0.25, 0.3) is 0 Å². The van der Waals surface area contributed by atoms with Crippen LogP contribution in [0.3, 0.4) is 0 Å². The van der Waals surface area contributed by atoms with Gasteiger partial charge in [-0.25, -0.2) is 4.98 Å². The first-order valence-electron chi connectivity index (χ1n) is 23.2. The third-order valence-corrected chi connectivity index (χ3v) is 10.5. The van der Waals surface area contributed by atoms with Gasteiger partial charge in [-0.05, 0) is 150 Å². The van der Waals surface area contributed by atoms with Gasteiger partial charge in [-0.15, -0.1) is 0 Å². The van der Waals surface area contributed by atoms with Crippen LogP contribution in [-0.4, -0.2) is 19.6 Å². The minimum Gasteiger partial charge on any atom is -0.507 e. The Bertz CT molecular complexity index is 3280. The molecule has 0 unspecified atom stereocenters. The number of hydrogen-bond acceptors (Lipinski definition) is 3. The highest BCUT2D eigenvalue weighted by Crippen LogP contribution is 2.42. The fourth-order valence-corrected chi connectivity index (χ4v) is 7.66. The first-order valence-corrected chi connectivity index (χ1v) is 18.7. The van der Waals surface area contributed by atoms with E-state index in [1.165, 1.54) is 6.07 Å². The molecule has 0 bridgehead atoms. The summed E-state index contributed by atoms with van der Waals surface area (Å²) in [5.41, 5.74) is 10.5. The van der Waals surface area contributed by atoms with Crippen molar-refractivity contribution in [3.05, 3.63) is 192 Å². The molecular formula is C53H43N3O. The molecule has 0 aliphatic rings. The largest absolute Gasteiger partial charge is 0.507 e. The van der Waals surface area contributed by atoms with E-state index in [2.05, 4.69) is 12.1 Å². The number of benzene rings is 7. The zero-order chi connectivity index (χ0) is 46.7. The quantitative estimate of drug-likeness (QED) is 0.177. The Balaban J connectivity index is 1.32. The van der Waals surface area contributed by atoms with Gasteiger partial charge in [0.1, 0.15) is 11.6 Å². The van der Waals surface area contributed by atoms with Gasteiger partial charge < -0.3 is 5.11 Å². The number of imidazole rings is 1. The van der Waals surface area contributed by atoms with Crippen molar-refractivity contribution in [1.29, 1.82) is 0 Å². The van der Waals surface area contributed by atoms with E-state index >= 15 is 0 Å². The molecule has 0 atom stereocenters. The molecule has 0 aliphatic heterocycles. The lowest BCUT2D eigenvalue weighted by atomic mass is 9.93. The number of rotatable bonds is 7. The fourth-order valence-electron chi connectivity index (χ4n) is 7.66. The number of phenols is 1. The van der Waals surface area contributed by atoms with E-state index in [-0.39, 0.29) is 28.0 Å². The third-order valence-electron chi connectivity index (χ3n) is 10.5. The molecule has 57 heavy (non-hydrogen) atoms. The first kappa shape index (κ1) is 26.7. The van der Waals surface area contributed by atoms with Crippen LogP contribution in [0.1, 0.15) is 40.2 Å². The van der Waals surface area contributed by atoms with Crippen molar-refractivity contribution in [3.8, 4) is 78.6 Å². The molecule has 0 amide bonds. The summed E-state index contributed by atoms with van der Waals surface area (Å²) in [4.78, 5) is 10.1. The molecule has 0 saturated carbocycles. The number of aromatic nitrogens is 3. The number of fused-ring (bicyclic) bond motifs is 1. The van der Waals surface area contributed by atoms with Crippen molar-refractivity contribution in [1.82, 2.24) is 14.5 Å². The summed E-state index contributed by atoms with van der Waals surface area (Å²) in [7, 11) is 0. The van der Waals surface area contributed by atoms with E-state index in [4.69, 9.17) is 22.3 Å². The number of aryl methyl sites for hydroxylation is 4. The zero-order valence-corrected chi connectivity index (χ0v) is 31.4. The molecule has 0 saturated heterocycles. The van der Waals surface area contributed by atoms with Crippen LogP contribution in [-0.2, 0) is 0 Å². The zero-order valence-electron chi connectivity index (χ0n) is 40.4. The normalized spacial score (nSPS) is 14.3. The molecule has 276 valence electrons. The standard InChI is InChI=1S/C53H43N3O/c1-33-19-21-39(22-20-33)41-23-24-54-49(31-41)44-29-42(38-13-8-6-9-14-38)28-43(30-44)46-17-12-18-50-51(46)55-53(48-26-34(2)25-36(4)52(48)57)56(50)45-27-35(3)37(5)47(32-45)40-15-10-7-11-16-40/h6-32,57H,1-5H3/i1D3,3D3,5D3. The molecular weight excluding hydrogens is 695 g/mol. The molecule has 1 N–H and O–H groups in total. The van der Waals surface area contributed by atoms with Crippen molar-refractivity contribution in [2.24, 2.45) is 0 Å². The minimum absolute atomic E-state index is 0.00417. The number of aromatic hydroxyl groups is 1. The fraction of sp³-hybridized carbons (Fsp3) is 0.0943. The second-order valence-electron chi connectivity index (χ2n) is 14.4. The first-order chi connectivity index (χ1) is 31.3. The van der Waals surface area contributed by atoms with Gasteiger partial charge in [-0.1, -0.05) is 109 Å². The van der Waals surface area contributed by atoms with Gasteiger partial charge in [-0.3, -0.25) is 9.55 Å². The molecule has 0 fully saturated rings. The van der Waals surface area contributed by atoms with Crippen LogP contribution in [0.25, 0.3) is 83.9 Å². The second kappa shape index (κ2) is 14.6. The smallest absolute Gasteiger partial charge is 0.149 e. The number of hydrogen-bond donors (Lipinski definition) is 1. The number of para-hydroxylation sites is 1. The predicted molar refractivity (Wildman–Crippen MR) is 237 cm³/mol. The maximum absolute atomic E-state index is 11.8. The predicted octanol–water partition coefficient (Wildman–Crippen LogP) is 13.7. The Labute approximate surface area is 347 Å². The Morgan fingerprint density at radius 3 is 2.00 bits per heavy atom. The molecule has 2 heterocycles. The molecule has 2 aromatic heterocycles. The Morgan fingerprint density at radius 2 is 1.25 bits per heavy atom. The van der Waals surface area contributed by atoms with Crippen LogP contribution in [0.15, 0.2) is 164 Å². The molecule has 0 aliphatic carbocycles. The molecule has 4 nitrogen and oxygen atoms in total. The average molecular weight is 747 g/mol. The van der Waals surface area contributed by atoms with Crippen molar-refractivity contribution in [3.63, 3.8) is 0 Å². The van der Waals surface area contributed by atoms with Crippen LogP contribution in [0.5, 0.6) is 5.75 Å². The van der Waals surface area contributed by atoms with E-state index in [0.29, 0.717) is 44.9 Å². The molecule has 9 rings (SSSR count). The summed E-state index contributed by atoms with van der Waals surface area (Å²) in [5, 5.41) is 11.8. The summed E-state index contributed by atoms with van der Waals surface area (Å²) in [5.74, 6) is 0.335. The minimum atomic E-state index is -2.81. The molecule has 7 aromatic carbocycles. The average Bonchev–Trinajstić information content (AvgIpc) is 3.69. The highest BCUT2D eigenvalue weighted by atomic mass is 16.3. The van der Waals surface area contributed by atoms with Gasteiger partial charge >= 0.3 is 0 Å². The molecule has 0 spiro atoms. The molecule has 9 aromatic rings. The SMILES string of the molecule is [2H]C([2H])([2H])c1ccc(-c2ccnc(-c3cc(-c4ccccc4)cc(-c4cccc5c4nc(-c4cc(C)cc(C)c4O)n5-c4cc(-c5ccccc5)c(C([2H])([2H])[2H])c(C([2H])([2H])[2H])c4)c3)c2)cc1. The lowest BCUT2D eigenvalue weighted by Crippen LogP contribution is -2.01. The van der Waals surface area contributed by atoms with Crippen molar-refractivity contribution in [2.45, 2.75) is 34.4 Å². The lowest BCUT2D eigenvalue weighted by Gasteiger charge is -2.17. The summed E-state index contributed by atoms with van der Waals surface area (Å²) in [6.07, 6.45) is 1.73. The number of nitrogens with zero attached hydrogens (tertiary/aromatic N) is 3. The summed E-state index contributed by atoms with van der Waals surface area (Å²) in [6, 6.07) is 48.4. The molecule has 0 radical (unpaired) electrons. The lowest BCUT2D eigenvalue weighted by molar-refractivity contribution is 0.472. The van der Waals surface area contributed by atoms with E-state index in [0.717, 1.165) is 44.5 Å².